The number of piperidine rings is 1. The monoisotopic (exact) mass is 394 g/mol. The quantitative estimate of drug-likeness (QED) is 0.654. The van der Waals surface area contributed by atoms with E-state index < -0.39 is 10.0 Å². The van der Waals surface area contributed by atoms with Gasteiger partial charge in [0.25, 0.3) is 5.91 Å². The summed E-state index contributed by atoms with van der Waals surface area (Å²) in [5, 5.41) is 2.85. The van der Waals surface area contributed by atoms with E-state index in [4.69, 9.17) is 4.74 Å². The molecule has 0 atom stereocenters. The molecule has 1 aromatic rings. The molecule has 1 amide bonds. The molecule has 1 aliphatic carbocycles. The molecule has 1 aromatic carbocycles. The number of hydrogen-bond acceptors (Lipinski definition) is 4. The first-order valence-electron chi connectivity index (χ1n) is 9.95. The third-order valence-corrected chi connectivity index (χ3v) is 7.23. The fourth-order valence-corrected chi connectivity index (χ4v) is 5.04. The van der Waals surface area contributed by atoms with E-state index in [1.54, 1.807) is 19.1 Å². The van der Waals surface area contributed by atoms with Gasteiger partial charge in [0.05, 0.1) is 4.90 Å². The van der Waals surface area contributed by atoms with E-state index in [1.807, 2.05) is 0 Å². The van der Waals surface area contributed by atoms with Crippen LogP contribution in [0.5, 0.6) is 0 Å². The molecule has 6 nitrogen and oxygen atoms in total. The van der Waals surface area contributed by atoms with Gasteiger partial charge in [0.15, 0.2) is 0 Å². The molecule has 150 valence electrons. The van der Waals surface area contributed by atoms with Gasteiger partial charge in [0, 0.05) is 38.4 Å². The number of ether oxygens (including phenoxy) is 1. The predicted octanol–water partition coefficient (Wildman–Crippen LogP) is 2.72. The van der Waals surface area contributed by atoms with Crippen LogP contribution in [0.3, 0.4) is 0 Å². The molecule has 0 spiro atoms. The molecule has 3 rings (SSSR count). The van der Waals surface area contributed by atoms with Gasteiger partial charge in [-0.1, -0.05) is 12.5 Å². The minimum Gasteiger partial charge on any atom is -0.381 e. The molecule has 1 aliphatic heterocycles. The van der Waals surface area contributed by atoms with Crippen molar-refractivity contribution in [2.75, 3.05) is 32.8 Å². The van der Waals surface area contributed by atoms with Crippen LogP contribution in [0.25, 0.3) is 0 Å². The zero-order valence-electron chi connectivity index (χ0n) is 16.1. The van der Waals surface area contributed by atoms with Crippen molar-refractivity contribution < 1.29 is 17.9 Å². The molecule has 1 N–H and O–H groups in total. The summed E-state index contributed by atoms with van der Waals surface area (Å²) in [5.74, 6) is 0.500. The lowest BCUT2D eigenvalue weighted by molar-refractivity contribution is 0.0937. The van der Waals surface area contributed by atoms with Crippen molar-refractivity contribution in [2.45, 2.75) is 50.3 Å². The van der Waals surface area contributed by atoms with Crippen LogP contribution in [-0.4, -0.2) is 51.5 Å². The molecular weight excluding hydrogens is 364 g/mol. The van der Waals surface area contributed by atoms with Gasteiger partial charge in [-0.3, -0.25) is 4.79 Å². The first-order chi connectivity index (χ1) is 13.0. The fraction of sp³-hybridized carbons (Fsp3) is 0.650. The summed E-state index contributed by atoms with van der Waals surface area (Å²) in [6.07, 6.45) is 6.14. The first-order valence-corrected chi connectivity index (χ1v) is 11.4. The number of amides is 1. The van der Waals surface area contributed by atoms with Crippen LogP contribution in [0.2, 0.25) is 0 Å². The van der Waals surface area contributed by atoms with E-state index in [1.165, 1.54) is 23.2 Å². The first kappa shape index (κ1) is 20.3. The van der Waals surface area contributed by atoms with Crippen LogP contribution in [0.1, 0.15) is 54.4 Å². The minimum absolute atomic E-state index is 0.241. The van der Waals surface area contributed by atoms with Crippen molar-refractivity contribution >= 4 is 15.9 Å². The second-order valence-electron chi connectivity index (χ2n) is 7.57. The second-order valence-corrected chi connectivity index (χ2v) is 9.48. The Morgan fingerprint density at radius 1 is 1.22 bits per heavy atom. The lowest BCUT2D eigenvalue weighted by atomic mass is 10.1. The van der Waals surface area contributed by atoms with Gasteiger partial charge in [-0.25, -0.2) is 8.42 Å². The summed E-state index contributed by atoms with van der Waals surface area (Å²) in [7, 11) is -3.55. The van der Waals surface area contributed by atoms with E-state index in [2.05, 4.69) is 5.32 Å². The highest BCUT2D eigenvalue weighted by atomic mass is 32.2. The summed E-state index contributed by atoms with van der Waals surface area (Å²) in [5.41, 5.74) is 1.06. The molecule has 0 unspecified atom stereocenters. The number of benzene rings is 1. The van der Waals surface area contributed by atoms with E-state index in [0.717, 1.165) is 38.2 Å². The maximum atomic E-state index is 13.0. The molecule has 0 radical (unpaired) electrons. The smallest absolute Gasteiger partial charge is 0.251 e. The van der Waals surface area contributed by atoms with Crippen LogP contribution in [0, 0.1) is 12.8 Å². The topological polar surface area (TPSA) is 75.7 Å². The van der Waals surface area contributed by atoms with Crippen LogP contribution in [0.15, 0.2) is 23.1 Å². The van der Waals surface area contributed by atoms with Gasteiger partial charge in [-0.05, 0) is 62.6 Å². The number of rotatable bonds is 9. The van der Waals surface area contributed by atoms with Crippen LogP contribution in [-0.2, 0) is 14.8 Å². The molecule has 27 heavy (non-hydrogen) atoms. The van der Waals surface area contributed by atoms with E-state index >= 15 is 0 Å². The zero-order chi connectivity index (χ0) is 19.3. The number of carbonyl (C=O) groups excluding carboxylic acids is 1. The normalized spacial score (nSPS) is 18.4. The molecule has 0 aromatic heterocycles. The highest BCUT2D eigenvalue weighted by Crippen LogP contribution is 2.28. The number of sulfonamides is 1. The molecule has 1 saturated carbocycles. The number of nitrogens with zero attached hydrogens (tertiary/aromatic N) is 1. The largest absolute Gasteiger partial charge is 0.381 e. The van der Waals surface area contributed by atoms with E-state index in [9.17, 15) is 13.2 Å². The Kier molecular flexibility index (Phi) is 6.89. The van der Waals surface area contributed by atoms with Crippen molar-refractivity contribution in [3.63, 3.8) is 0 Å². The van der Waals surface area contributed by atoms with E-state index in [0.29, 0.717) is 37.4 Å². The second kappa shape index (κ2) is 9.17. The van der Waals surface area contributed by atoms with Gasteiger partial charge in [-0.2, -0.15) is 4.31 Å². The number of aryl methyl sites for hydroxylation is 1. The predicted molar refractivity (Wildman–Crippen MR) is 104 cm³/mol. The van der Waals surface area contributed by atoms with Crippen molar-refractivity contribution in [2.24, 2.45) is 5.92 Å². The van der Waals surface area contributed by atoms with Gasteiger partial charge < -0.3 is 10.1 Å². The average Bonchev–Trinajstić information content (AvgIpc) is 3.49. The SMILES string of the molecule is Cc1ccc(C(=O)NCCCOCC2CC2)cc1S(=O)(=O)N1CCCCC1. The average molecular weight is 395 g/mol. The maximum Gasteiger partial charge on any atom is 0.251 e. The Bertz CT molecular complexity index is 753. The van der Waals surface area contributed by atoms with Crippen molar-refractivity contribution in [3.05, 3.63) is 29.3 Å². The lowest BCUT2D eigenvalue weighted by Gasteiger charge is -2.26. The molecule has 1 heterocycles. The summed E-state index contributed by atoms with van der Waals surface area (Å²) in [6.45, 7) is 4.86. The van der Waals surface area contributed by atoms with Crippen LogP contribution < -0.4 is 5.32 Å². The summed E-state index contributed by atoms with van der Waals surface area (Å²) < 4.78 is 33.0. The minimum atomic E-state index is -3.55. The molecule has 1 saturated heterocycles. The Morgan fingerprint density at radius 3 is 2.67 bits per heavy atom. The highest BCUT2D eigenvalue weighted by molar-refractivity contribution is 7.89. The Labute approximate surface area is 162 Å². The van der Waals surface area contributed by atoms with E-state index in [-0.39, 0.29) is 10.8 Å². The molecule has 2 aliphatic rings. The number of nitrogens with one attached hydrogen (secondary N) is 1. The summed E-state index contributed by atoms with van der Waals surface area (Å²) >= 11 is 0. The number of hydrogen-bond donors (Lipinski definition) is 1. The van der Waals surface area contributed by atoms with Gasteiger partial charge in [0.2, 0.25) is 10.0 Å². The third-order valence-electron chi connectivity index (χ3n) is 5.18. The fourth-order valence-electron chi connectivity index (χ4n) is 3.28. The summed E-state index contributed by atoms with van der Waals surface area (Å²) in [4.78, 5) is 12.6. The maximum absolute atomic E-state index is 13.0. The van der Waals surface area contributed by atoms with Gasteiger partial charge >= 0.3 is 0 Å². The van der Waals surface area contributed by atoms with Gasteiger partial charge in [0.1, 0.15) is 0 Å². The van der Waals surface area contributed by atoms with Crippen LogP contribution in [0.4, 0.5) is 0 Å². The Hall–Kier alpha value is -1.44. The number of carbonyl (C=O) groups is 1. The zero-order valence-corrected chi connectivity index (χ0v) is 16.9. The third kappa shape index (κ3) is 5.53. The van der Waals surface area contributed by atoms with Gasteiger partial charge in [-0.15, -0.1) is 0 Å². The van der Waals surface area contributed by atoms with Crippen molar-refractivity contribution in [1.82, 2.24) is 9.62 Å². The molecular formula is C20H30N2O4S. The Balaban J connectivity index is 1.57. The standard InChI is InChI=1S/C20H30N2O4S/c1-16-6-9-18(20(23)21-10-5-13-26-15-17-7-8-17)14-19(16)27(24,25)22-11-3-2-4-12-22/h6,9,14,17H,2-5,7-8,10-13,15H2,1H3,(H,21,23). The molecule has 7 heteroatoms. The highest BCUT2D eigenvalue weighted by Gasteiger charge is 2.28. The Morgan fingerprint density at radius 2 is 1.96 bits per heavy atom. The lowest BCUT2D eigenvalue weighted by Crippen LogP contribution is -2.36. The summed E-state index contributed by atoms with van der Waals surface area (Å²) in [6, 6.07) is 4.91. The molecule has 0 bridgehead atoms. The van der Waals surface area contributed by atoms with Crippen LogP contribution >= 0.6 is 0 Å². The van der Waals surface area contributed by atoms with Crippen molar-refractivity contribution in [1.29, 1.82) is 0 Å². The molecule has 2 fully saturated rings. The van der Waals surface area contributed by atoms with Crippen molar-refractivity contribution in [3.8, 4) is 0 Å².